The lowest BCUT2D eigenvalue weighted by atomic mass is 10.0. The topological polar surface area (TPSA) is 12.0 Å². The van der Waals surface area contributed by atoms with Crippen LogP contribution in [-0.4, -0.2) is 12.6 Å². The van der Waals surface area contributed by atoms with Crippen LogP contribution in [0.15, 0.2) is 30.3 Å². The highest BCUT2D eigenvalue weighted by molar-refractivity contribution is 5.15. The lowest BCUT2D eigenvalue weighted by Gasteiger charge is -2.18. The van der Waals surface area contributed by atoms with E-state index < -0.39 is 0 Å². The number of rotatable bonds is 8. The summed E-state index contributed by atoms with van der Waals surface area (Å²) in [6.45, 7) is 3.40. The summed E-state index contributed by atoms with van der Waals surface area (Å²) in [4.78, 5) is 0. The van der Waals surface area contributed by atoms with Crippen molar-refractivity contribution < 1.29 is 0 Å². The Labute approximate surface area is 106 Å². The first-order chi connectivity index (χ1) is 8.38. The molecule has 0 amide bonds. The zero-order valence-corrected chi connectivity index (χ0v) is 11.0. The van der Waals surface area contributed by atoms with Crippen molar-refractivity contribution in [2.45, 2.75) is 51.5 Å². The Morgan fingerprint density at radius 1 is 1.24 bits per heavy atom. The highest BCUT2D eigenvalue weighted by Gasteiger charge is 2.22. The van der Waals surface area contributed by atoms with Crippen LogP contribution in [0, 0.1) is 5.92 Å². The largest absolute Gasteiger partial charge is 0.314 e. The van der Waals surface area contributed by atoms with Gasteiger partial charge in [-0.1, -0.05) is 50.1 Å². The van der Waals surface area contributed by atoms with Gasteiger partial charge in [-0.05, 0) is 43.7 Å². The summed E-state index contributed by atoms with van der Waals surface area (Å²) in [7, 11) is 0. The SMILES string of the molecule is CCCNC(CCC1CC1)Cc1ccccc1. The molecule has 17 heavy (non-hydrogen) atoms. The minimum atomic E-state index is 0.679. The van der Waals surface area contributed by atoms with Crippen LogP contribution in [0.2, 0.25) is 0 Å². The maximum Gasteiger partial charge on any atom is 0.0108 e. The highest BCUT2D eigenvalue weighted by Crippen LogP contribution is 2.34. The van der Waals surface area contributed by atoms with Gasteiger partial charge >= 0.3 is 0 Å². The number of hydrogen-bond acceptors (Lipinski definition) is 1. The van der Waals surface area contributed by atoms with E-state index in [1.54, 1.807) is 0 Å². The second kappa shape index (κ2) is 6.80. The number of nitrogens with one attached hydrogen (secondary N) is 1. The second-order valence-corrected chi connectivity index (χ2v) is 5.36. The van der Waals surface area contributed by atoms with Gasteiger partial charge in [0.15, 0.2) is 0 Å². The normalized spacial score (nSPS) is 17.0. The van der Waals surface area contributed by atoms with Gasteiger partial charge in [0.2, 0.25) is 0 Å². The van der Waals surface area contributed by atoms with Crippen LogP contribution < -0.4 is 5.32 Å². The summed E-state index contributed by atoms with van der Waals surface area (Å²) < 4.78 is 0. The Morgan fingerprint density at radius 2 is 2.00 bits per heavy atom. The molecular formula is C16H25N. The molecule has 0 bridgehead atoms. The van der Waals surface area contributed by atoms with Crippen molar-refractivity contribution in [1.29, 1.82) is 0 Å². The predicted octanol–water partition coefficient (Wildman–Crippen LogP) is 3.79. The van der Waals surface area contributed by atoms with Crippen molar-refractivity contribution in [3.05, 3.63) is 35.9 Å². The summed E-state index contributed by atoms with van der Waals surface area (Å²) in [5.41, 5.74) is 1.47. The molecule has 0 spiro atoms. The van der Waals surface area contributed by atoms with Gasteiger partial charge in [-0.3, -0.25) is 0 Å². The minimum absolute atomic E-state index is 0.679. The summed E-state index contributed by atoms with van der Waals surface area (Å²) >= 11 is 0. The molecule has 1 unspecified atom stereocenters. The molecule has 1 aliphatic carbocycles. The van der Waals surface area contributed by atoms with E-state index in [1.807, 2.05) is 0 Å². The van der Waals surface area contributed by atoms with E-state index in [-0.39, 0.29) is 0 Å². The average molecular weight is 231 g/mol. The van der Waals surface area contributed by atoms with Crippen LogP contribution in [0.3, 0.4) is 0 Å². The maximum atomic E-state index is 3.70. The van der Waals surface area contributed by atoms with Crippen molar-refractivity contribution >= 4 is 0 Å². The zero-order valence-electron chi connectivity index (χ0n) is 11.0. The monoisotopic (exact) mass is 231 g/mol. The van der Waals surface area contributed by atoms with E-state index in [4.69, 9.17) is 0 Å². The molecule has 94 valence electrons. The average Bonchev–Trinajstić information content (AvgIpc) is 3.18. The molecule has 0 saturated heterocycles. The third-order valence-corrected chi connectivity index (χ3v) is 3.63. The van der Waals surface area contributed by atoms with Crippen molar-refractivity contribution in [3.63, 3.8) is 0 Å². The zero-order chi connectivity index (χ0) is 11.9. The quantitative estimate of drug-likeness (QED) is 0.718. The molecule has 0 aromatic heterocycles. The van der Waals surface area contributed by atoms with Crippen molar-refractivity contribution in [2.24, 2.45) is 5.92 Å². The van der Waals surface area contributed by atoms with Gasteiger partial charge in [0.1, 0.15) is 0 Å². The Morgan fingerprint density at radius 3 is 2.65 bits per heavy atom. The van der Waals surface area contributed by atoms with E-state index in [1.165, 1.54) is 44.1 Å². The molecule has 1 fully saturated rings. The molecule has 1 saturated carbocycles. The van der Waals surface area contributed by atoms with Crippen LogP contribution >= 0.6 is 0 Å². The molecule has 0 radical (unpaired) electrons. The van der Waals surface area contributed by atoms with Gasteiger partial charge in [-0.15, -0.1) is 0 Å². The third-order valence-electron chi connectivity index (χ3n) is 3.63. The third kappa shape index (κ3) is 4.91. The van der Waals surface area contributed by atoms with Crippen molar-refractivity contribution in [1.82, 2.24) is 5.32 Å². The van der Waals surface area contributed by atoms with Crippen molar-refractivity contribution in [3.8, 4) is 0 Å². The fraction of sp³-hybridized carbons (Fsp3) is 0.625. The van der Waals surface area contributed by atoms with E-state index in [2.05, 4.69) is 42.6 Å². The van der Waals surface area contributed by atoms with Gasteiger partial charge < -0.3 is 5.32 Å². The molecule has 2 rings (SSSR count). The highest BCUT2D eigenvalue weighted by atomic mass is 14.9. The molecule has 1 aromatic carbocycles. The second-order valence-electron chi connectivity index (χ2n) is 5.36. The van der Waals surface area contributed by atoms with Gasteiger partial charge in [-0.25, -0.2) is 0 Å². The van der Waals surface area contributed by atoms with Gasteiger partial charge in [0.05, 0.1) is 0 Å². The van der Waals surface area contributed by atoms with Gasteiger partial charge in [0.25, 0.3) is 0 Å². The van der Waals surface area contributed by atoms with E-state index in [0.29, 0.717) is 6.04 Å². The fourth-order valence-corrected chi connectivity index (χ4v) is 2.37. The molecule has 1 atom stereocenters. The summed E-state index contributed by atoms with van der Waals surface area (Å²) in [5.74, 6) is 1.05. The molecule has 1 heteroatoms. The first-order valence-corrected chi connectivity index (χ1v) is 7.15. The molecule has 1 aliphatic rings. The van der Waals surface area contributed by atoms with Gasteiger partial charge in [0, 0.05) is 6.04 Å². The summed E-state index contributed by atoms with van der Waals surface area (Å²) in [6.07, 6.45) is 8.15. The van der Waals surface area contributed by atoms with E-state index in [9.17, 15) is 0 Å². The Hall–Kier alpha value is -0.820. The Bertz CT molecular complexity index is 303. The van der Waals surface area contributed by atoms with E-state index >= 15 is 0 Å². The molecule has 1 aromatic rings. The van der Waals surface area contributed by atoms with Crippen LogP contribution in [0.25, 0.3) is 0 Å². The molecule has 0 heterocycles. The molecular weight excluding hydrogens is 206 g/mol. The Balaban J connectivity index is 1.80. The Kier molecular flexibility index (Phi) is 5.06. The lowest BCUT2D eigenvalue weighted by Crippen LogP contribution is -2.31. The standard InChI is InChI=1S/C16H25N/c1-2-12-17-16(11-10-14-8-9-14)13-15-6-4-3-5-7-15/h3-7,14,16-17H,2,8-13H2,1H3. The maximum absolute atomic E-state index is 3.70. The summed E-state index contributed by atoms with van der Waals surface area (Å²) in [6, 6.07) is 11.6. The molecule has 1 nitrogen and oxygen atoms in total. The van der Waals surface area contributed by atoms with Crippen LogP contribution in [0.4, 0.5) is 0 Å². The lowest BCUT2D eigenvalue weighted by molar-refractivity contribution is 0.452. The predicted molar refractivity (Wildman–Crippen MR) is 74.2 cm³/mol. The minimum Gasteiger partial charge on any atom is -0.314 e. The summed E-state index contributed by atoms with van der Waals surface area (Å²) in [5, 5.41) is 3.70. The smallest absolute Gasteiger partial charge is 0.0108 e. The first-order valence-electron chi connectivity index (χ1n) is 7.15. The van der Waals surface area contributed by atoms with Gasteiger partial charge in [-0.2, -0.15) is 0 Å². The van der Waals surface area contributed by atoms with Crippen LogP contribution in [0.1, 0.15) is 44.6 Å². The first kappa shape index (κ1) is 12.6. The molecule has 0 aliphatic heterocycles. The van der Waals surface area contributed by atoms with Crippen LogP contribution in [-0.2, 0) is 6.42 Å². The number of hydrogen-bond donors (Lipinski definition) is 1. The van der Waals surface area contributed by atoms with Crippen LogP contribution in [0.5, 0.6) is 0 Å². The molecule has 1 N–H and O–H groups in total. The fourth-order valence-electron chi connectivity index (χ4n) is 2.37. The number of benzene rings is 1. The van der Waals surface area contributed by atoms with Crippen molar-refractivity contribution in [2.75, 3.05) is 6.54 Å². The van der Waals surface area contributed by atoms with E-state index in [0.717, 1.165) is 12.5 Å².